The van der Waals surface area contributed by atoms with E-state index in [4.69, 9.17) is 0 Å². The standard InChI is InChI=1S/C16H27NO3/c1-10-6-5-9-14(11(10)2)17-15(18)12-7-3-4-8-13(12)16(19)20/h10-14H,3-9H2,1-2H3,(H,17,18)(H,19,20)/t10-,11+,12-,13-,14+/m1/s1. The van der Waals surface area contributed by atoms with E-state index in [1.54, 1.807) is 0 Å². The Morgan fingerprint density at radius 2 is 1.60 bits per heavy atom. The first-order chi connectivity index (χ1) is 9.50. The lowest BCUT2D eigenvalue weighted by molar-refractivity contribution is -0.149. The van der Waals surface area contributed by atoms with Crippen molar-refractivity contribution < 1.29 is 14.7 Å². The first kappa shape index (κ1) is 15.3. The molecule has 1 amide bonds. The molecule has 0 aliphatic heterocycles. The molecule has 2 fully saturated rings. The Morgan fingerprint density at radius 1 is 0.950 bits per heavy atom. The fourth-order valence-electron chi connectivity index (χ4n) is 3.82. The van der Waals surface area contributed by atoms with Crippen LogP contribution >= 0.6 is 0 Å². The SMILES string of the molecule is C[C@H]1[C@H](C)CCC[C@@H]1NC(=O)[C@@H]1CCCC[C@H]1C(=O)O. The highest BCUT2D eigenvalue weighted by Gasteiger charge is 2.37. The molecule has 4 heteroatoms. The van der Waals surface area contributed by atoms with E-state index in [1.807, 2.05) is 0 Å². The lowest BCUT2D eigenvalue weighted by atomic mass is 9.76. The van der Waals surface area contributed by atoms with Crippen molar-refractivity contribution in [1.82, 2.24) is 5.32 Å². The van der Waals surface area contributed by atoms with Crippen LogP contribution in [0.2, 0.25) is 0 Å². The molecular formula is C16H27NO3. The second-order valence-electron chi connectivity index (χ2n) is 6.72. The second kappa shape index (κ2) is 6.59. The maximum Gasteiger partial charge on any atom is 0.307 e. The fraction of sp³-hybridized carbons (Fsp3) is 0.875. The van der Waals surface area contributed by atoms with Gasteiger partial charge in [0.05, 0.1) is 11.8 Å². The van der Waals surface area contributed by atoms with Gasteiger partial charge in [-0.3, -0.25) is 9.59 Å². The van der Waals surface area contributed by atoms with Gasteiger partial charge in [-0.1, -0.05) is 39.5 Å². The molecule has 20 heavy (non-hydrogen) atoms. The summed E-state index contributed by atoms with van der Waals surface area (Å²) in [5.41, 5.74) is 0. The van der Waals surface area contributed by atoms with Crippen molar-refractivity contribution >= 4 is 11.9 Å². The highest BCUT2D eigenvalue weighted by atomic mass is 16.4. The maximum absolute atomic E-state index is 12.5. The topological polar surface area (TPSA) is 66.4 Å². The molecule has 2 rings (SSSR count). The Kier molecular flexibility index (Phi) is 5.06. The zero-order chi connectivity index (χ0) is 14.7. The molecule has 0 aromatic carbocycles. The van der Waals surface area contributed by atoms with Crippen molar-refractivity contribution in [3.8, 4) is 0 Å². The molecule has 2 N–H and O–H groups in total. The first-order valence-corrected chi connectivity index (χ1v) is 8.04. The minimum Gasteiger partial charge on any atom is -0.481 e. The molecule has 0 heterocycles. The van der Waals surface area contributed by atoms with E-state index >= 15 is 0 Å². The lowest BCUT2D eigenvalue weighted by Gasteiger charge is -2.36. The van der Waals surface area contributed by atoms with E-state index in [1.165, 1.54) is 6.42 Å². The van der Waals surface area contributed by atoms with Crippen LogP contribution in [-0.4, -0.2) is 23.0 Å². The van der Waals surface area contributed by atoms with Crippen molar-refractivity contribution in [2.45, 2.75) is 64.8 Å². The third kappa shape index (κ3) is 3.33. The summed E-state index contributed by atoms with van der Waals surface area (Å²) in [4.78, 5) is 23.8. The van der Waals surface area contributed by atoms with Crippen LogP contribution in [-0.2, 0) is 9.59 Å². The number of hydrogen-bond acceptors (Lipinski definition) is 2. The zero-order valence-corrected chi connectivity index (χ0v) is 12.6. The summed E-state index contributed by atoms with van der Waals surface area (Å²) in [6.07, 6.45) is 6.68. The summed E-state index contributed by atoms with van der Waals surface area (Å²) in [6.45, 7) is 4.44. The van der Waals surface area contributed by atoms with Crippen LogP contribution in [0, 0.1) is 23.7 Å². The van der Waals surface area contributed by atoms with Crippen LogP contribution in [0.4, 0.5) is 0 Å². The van der Waals surface area contributed by atoms with E-state index in [-0.39, 0.29) is 17.9 Å². The average Bonchev–Trinajstić information content (AvgIpc) is 2.43. The normalized spacial score (nSPS) is 38.2. The molecule has 2 saturated carbocycles. The Bertz CT molecular complexity index is 369. The van der Waals surface area contributed by atoms with E-state index < -0.39 is 11.9 Å². The van der Waals surface area contributed by atoms with Gasteiger partial charge in [-0.2, -0.15) is 0 Å². The molecule has 5 atom stereocenters. The molecule has 2 aliphatic rings. The maximum atomic E-state index is 12.5. The van der Waals surface area contributed by atoms with Crippen molar-refractivity contribution in [3.63, 3.8) is 0 Å². The van der Waals surface area contributed by atoms with Gasteiger partial charge in [0.1, 0.15) is 0 Å². The molecule has 2 aliphatic carbocycles. The molecule has 0 spiro atoms. The Hall–Kier alpha value is -1.06. The smallest absolute Gasteiger partial charge is 0.307 e. The van der Waals surface area contributed by atoms with Crippen molar-refractivity contribution in [3.05, 3.63) is 0 Å². The van der Waals surface area contributed by atoms with Crippen molar-refractivity contribution in [2.24, 2.45) is 23.7 Å². The number of carbonyl (C=O) groups excluding carboxylic acids is 1. The largest absolute Gasteiger partial charge is 0.481 e. The average molecular weight is 281 g/mol. The van der Waals surface area contributed by atoms with Gasteiger partial charge in [-0.05, 0) is 31.1 Å². The number of nitrogens with one attached hydrogen (secondary N) is 1. The van der Waals surface area contributed by atoms with E-state index in [0.29, 0.717) is 18.3 Å². The van der Waals surface area contributed by atoms with Gasteiger partial charge < -0.3 is 10.4 Å². The van der Waals surface area contributed by atoms with E-state index in [9.17, 15) is 14.7 Å². The monoisotopic (exact) mass is 281 g/mol. The van der Waals surface area contributed by atoms with Crippen LogP contribution in [0.5, 0.6) is 0 Å². The number of amides is 1. The summed E-state index contributed by atoms with van der Waals surface area (Å²) in [5, 5.41) is 12.4. The molecular weight excluding hydrogens is 254 g/mol. The van der Waals surface area contributed by atoms with Gasteiger partial charge in [0, 0.05) is 6.04 Å². The van der Waals surface area contributed by atoms with Crippen LogP contribution < -0.4 is 5.32 Å². The van der Waals surface area contributed by atoms with E-state index in [0.717, 1.165) is 32.1 Å². The first-order valence-electron chi connectivity index (χ1n) is 8.04. The van der Waals surface area contributed by atoms with Gasteiger partial charge >= 0.3 is 5.97 Å². The number of carbonyl (C=O) groups is 2. The van der Waals surface area contributed by atoms with Gasteiger partial charge in [0.2, 0.25) is 5.91 Å². The Morgan fingerprint density at radius 3 is 2.25 bits per heavy atom. The van der Waals surface area contributed by atoms with Gasteiger partial charge in [0.25, 0.3) is 0 Å². The number of aliphatic carboxylic acids is 1. The predicted molar refractivity (Wildman–Crippen MR) is 77.2 cm³/mol. The van der Waals surface area contributed by atoms with Crippen LogP contribution in [0.15, 0.2) is 0 Å². The van der Waals surface area contributed by atoms with Crippen LogP contribution in [0.25, 0.3) is 0 Å². The summed E-state index contributed by atoms with van der Waals surface area (Å²) >= 11 is 0. The minimum atomic E-state index is -0.810. The van der Waals surface area contributed by atoms with Gasteiger partial charge in [-0.15, -0.1) is 0 Å². The quantitative estimate of drug-likeness (QED) is 0.836. The fourth-order valence-corrected chi connectivity index (χ4v) is 3.82. The molecule has 0 unspecified atom stereocenters. The molecule has 0 bridgehead atoms. The summed E-state index contributed by atoms with van der Waals surface area (Å²) in [7, 11) is 0. The van der Waals surface area contributed by atoms with E-state index in [2.05, 4.69) is 19.2 Å². The van der Waals surface area contributed by atoms with Gasteiger partial charge in [0.15, 0.2) is 0 Å². The zero-order valence-electron chi connectivity index (χ0n) is 12.6. The van der Waals surface area contributed by atoms with Crippen LogP contribution in [0.3, 0.4) is 0 Å². The number of carboxylic acid groups (broad SMARTS) is 1. The summed E-state index contributed by atoms with van der Waals surface area (Å²) in [5.74, 6) is -0.529. The Labute approximate surface area is 121 Å². The predicted octanol–water partition coefficient (Wildman–Crippen LogP) is 2.82. The number of rotatable bonds is 3. The highest BCUT2D eigenvalue weighted by molar-refractivity contribution is 5.85. The summed E-state index contributed by atoms with van der Waals surface area (Å²) < 4.78 is 0. The lowest BCUT2D eigenvalue weighted by Crippen LogP contribution is -2.48. The van der Waals surface area contributed by atoms with Crippen LogP contribution in [0.1, 0.15) is 58.8 Å². The third-order valence-electron chi connectivity index (χ3n) is 5.45. The minimum absolute atomic E-state index is 0.0250. The van der Waals surface area contributed by atoms with Crippen molar-refractivity contribution in [2.75, 3.05) is 0 Å². The third-order valence-corrected chi connectivity index (χ3v) is 5.45. The second-order valence-corrected chi connectivity index (χ2v) is 6.72. The molecule has 0 radical (unpaired) electrons. The van der Waals surface area contributed by atoms with Gasteiger partial charge in [-0.25, -0.2) is 0 Å². The molecule has 0 saturated heterocycles. The number of carboxylic acids is 1. The molecule has 0 aromatic rings. The highest BCUT2D eigenvalue weighted by Crippen LogP contribution is 2.33. The molecule has 114 valence electrons. The Balaban J connectivity index is 1.97. The summed E-state index contributed by atoms with van der Waals surface area (Å²) in [6, 6.07) is 0.225. The molecule has 4 nitrogen and oxygen atoms in total. The van der Waals surface area contributed by atoms with Crippen molar-refractivity contribution in [1.29, 1.82) is 0 Å². The molecule has 0 aromatic heterocycles. The number of hydrogen-bond donors (Lipinski definition) is 2.